The van der Waals surface area contributed by atoms with Gasteiger partial charge in [-0.15, -0.1) is 0 Å². The van der Waals surface area contributed by atoms with Gasteiger partial charge in [-0.2, -0.15) is 8.42 Å². The first-order valence-corrected chi connectivity index (χ1v) is 19.2. The summed E-state index contributed by atoms with van der Waals surface area (Å²) in [5, 5.41) is 0. The molecule has 0 aliphatic carbocycles. The van der Waals surface area contributed by atoms with E-state index in [4.69, 9.17) is 56.3 Å². The van der Waals surface area contributed by atoms with Crippen LogP contribution in [0.3, 0.4) is 0 Å². The lowest BCUT2D eigenvalue weighted by Gasteiger charge is -2.13. The second-order valence-corrected chi connectivity index (χ2v) is 12.6. The second kappa shape index (κ2) is 31.9. The quantitative estimate of drug-likeness (QED) is 0.0522. The van der Waals surface area contributed by atoms with Gasteiger partial charge in [-0.1, -0.05) is 17.7 Å². The molecule has 1 aromatic carbocycles. The van der Waals surface area contributed by atoms with Gasteiger partial charge in [0, 0.05) is 12.2 Å². The molecule has 2 rings (SSSR count). The molecule has 0 spiro atoms. The standard InChI is InChI=1S/C35H57NO16S/c1-32-2-4-33(5-3-32)53(39,40)52-31-30-51-29-28-50-27-26-49-25-24-48-23-22-47-21-20-46-19-18-45-17-16-44-15-14-43-13-12-42-11-10-41-9-8-36-34(37)6-7-35(36)38/h2-7H,8-31H2,1H3. The van der Waals surface area contributed by atoms with Crippen LogP contribution in [0.1, 0.15) is 5.56 Å². The third-order valence-corrected chi connectivity index (χ3v) is 8.18. The van der Waals surface area contributed by atoms with Crippen LogP contribution in [0.15, 0.2) is 41.3 Å². The van der Waals surface area contributed by atoms with Crippen molar-refractivity contribution >= 4 is 21.9 Å². The normalized spacial score (nSPS) is 13.2. The maximum atomic E-state index is 12.1. The molecule has 0 N–H and O–H groups in total. The van der Waals surface area contributed by atoms with Crippen LogP contribution in [0.25, 0.3) is 0 Å². The van der Waals surface area contributed by atoms with Crippen molar-refractivity contribution in [3.8, 4) is 0 Å². The Morgan fingerprint density at radius 2 is 0.679 bits per heavy atom. The van der Waals surface area contributed by atoms with Crippen LogP contribution in [0.2, 0.25) is 0 Å². The molecule has 0 saturated carbocycles. The fourth-order valence-corrected chi connectivity index (χ4v) is 4.98. The van der Waals surface area contributed by atoms with Crippen molar-refractivity contribution in [2.45, 2.75) is 11.8 Å². The molecule has 0 unspecified atom stereocenters. The number of carbonyl (C=O) groups is 2. The van der Waals surface area contributed by atoms with E-state index < -0.39 is 10.1 Å². The Balaban J connectivity index is 1.16. The van der Waals surface area contributed by atoms with Crippen molar-refractivity contribution in [2.75, 3.05) is 159 Å². The zero-order valence-electron chi connectivity index (χ0n) is 30.8. The van der Waals surface area contributed by atoms with Gasteiger partial charge in [-0.25, -0.2) is 0 Å². The summed E-state index contributed by atoms with van der Waals surface area (Å²) in [4.78, 5) is 24.1. The Bertz CT molecular complexity index is 1180. The van der Waals surface area contributed by atoms with E-state index in [1.165, 1.54) is 24.3 Å². The van der Waals surface area contributed by atoms with E-state index in [-0.39, 0.29) is 43.1 Å². The predicted octanol–water partition coefficient (Wildman–Crippen LogP) is 0.808. The number of aryl methyl sites for hydroxylation is 1. The van der Waals surface area contributed by atoms with Gasteiger partial charge >= 0.3 is 0 Å². The number of amides is 2. The van der Waals surface area contributed by atoms with Crippen LogP contribution < -0.4 is 0 Å². The van der Waals surface area contributed by atoms with E-state index >= 15 is 0 Å². The lowest BCUT2D eigenvalue weighted by atomic mass is 10.2. The van der Waals surface area contributed by atoms with Gasteiger partial charge in [-0.05, 0) is 19.1 Å². The molecule has 1 aliphatic heterocycles. The summed E-state index contributed by atoms with van der Waals surface area (Å²) in [5.41, 5.74) is 0.970. The molecule has 0 atom stereocenters. The van der Waals surface area contributed by atoms with Gasteiger partial charge in [0.15, 0.2) is 0 Å². The van der Waals surface area contributed by atoms with Gasteiger partial charge in [0.05, 0.1) is 163 Å². The van der Waals surface area contributed by atoms with Crippen molar-refractivity contribution in [1.29, 1.82) is 0 Å². The second-order valence-electron chi connectivity index (χ2n) is 11.0. The number of hydrogen-bond acceptors (Lipinski definition) is 16. The Hall–Kier alpha value is -2.43. The highest BCUT2D eigenvalue weighted by Crippen LogP contribution is 2.13. The van der Waals surface area contributed by atoms with E-state index in [1.807, 2.05) is 6.92 Å². The SMILES string of the molecule is Cc1ccc(S(=O)(=O)OCCOCCOCCOCCOCCOCCOCCOCCOCCOCCOCCOCCN2C(=O)C=CC2=O)cc1. The van der Waals surface area contributed by atoms with Gasteiger partial charge in [0.1, 0.15) is 0 Å². The van der Waals surface area contributed by atoms with Crippen molar-refractivity contribution < 1.29 is 74.3 Å². The largest absolute Gasteiger partial charge is 0.377 e. The molecular formula is C35H57NO16S. The third-order valence-electron chi connectivity index (χ3n) is 6.86. The number of hydrogen-bond donors (Lipinski definition) is 0. The molecule has 1 aromatic rings. The zero-order chi connectivity index (χ0) is 38.1. The van der Waals surface area contributed by atoms with E-state index in [1.54, 1.807) is 12.1 Å². The molecule has 0 aromatic heterocycles. The van der Waals surface area contributed by atoms with Crippen molar-refractivity contribution in [1.82, 2.24) is 4.90 Å². The fourth-order valence-electron chi connectivity index (χ4n) is 4.08. The average Bonchev–Trinajstić information content (AvgIpc) is 3.47. The summed E-state index contributed by atoms with van der Waals surface area (Å²) in [5.74, 6) is -0.627. The highest BCUT2D eigenvalue weighted by atomic mass is 32.2. The molecule has 0 radical (unpaired) electrons. The number of nitrogens with zero attached hydrogens (tertiary/aromatic N) is 1. The molecule has 17 nitrogen and oxygen atoms in total. The van der Waals surface area contributed by atoms with Crippen LogP contribution in [-0.4, -0.2) is 184 Å². The minimum Gasteiger partial charge on any atom is -0.377 e. The fraction of sp³-hybridized carbons (Fsp3) is 0.714. The van der Waals surface area contributed by atoms with Gasteiger partial charge in [0.25, 0.3) is 21.9 Å². The maximum Gasteiger partial charge on any atom is 0.297 e. The average molecular weight is 780 g/mol. The summed E-state index contributed by atoms with van der Waals surface area (Å²) < 4.78 is 88.9. The van der Waals surface area contributed by atoms with Crippen molar-refractivity contribution in [3.05, 3.63) is 42.0 Å². The summed E-state index contributed by atoms with van der Waals surface area (Å²) in [7, 11) is -3.78. The highest BCUT2D eigenvalue weighted by Gasteiger charge is 2.22. The Morgan fingerprint density at radius 1 is 0.415 bits per heavy atom. The summed E-state index contributed by atoms with van der Waals surface area (Å²) in [6.07, 6.45) is 2.50. The highest BCUT2D eigenvalue weighted by molar-refractivity contribution is 7.86. The number of rotatable bonds is 38. The van der Waals surface area contributed by atoms with Crippen LogP contribution in [0.4, 0.5) is 0 Å². The topological polar surface area (TPSA) is 182 Å². The van der Waals surface area contributed by atoms with Crippen molar-refractivity contribution in [2.24, 2.45) is 0 Å². The maximum absolute atomic E-state index is 12.1. The van der Waals surface area contributed by atoms with Gasteiger partial charge in [-0.3, -0.25) is 18.7 Å². The van der Waals surface area contributed by atoms with E-state index in [0.29, 0.717) is 132 Å². The summed E-state index contributed by atoms with van der Waals surface area (Å²) in [6, 6.07) is 6.46. The predicted molar refractivity (Wildman–Crippen MR) is 189 cm³/mol. The van der Waals surface area contributed by atoms with E-state index in [2.05, 4.69) is 0 Å². The minimum atomic E-state index is -3.78. The first-order valence-electron chi connectivity index (χ1n) is 17.7. The van der Waals surface area contributed by atoms with Crippen LogP contribution in [0, 0.1) is 6.92 Å². The van der Waals surface area contributed by atoms with Crippen molar-refractivity contribution in [3.63, 3.8) is 0 Å². The molecular weight excluding hydrogens is 722 g/mol. The molecule has 1 heterocycles. The summed E-state index contributed by atoms with van der Waals surface area (Å²) in [6.45, 7) is 11.1. The third kappa shape index (κ3) is 25.3. The first-order chi connectivity index (χ1) is 25.9. The molecule has 0 saturated heterocycles. The lowest BCUT2D eigenvalue weighted by Crippen LogP contribution is -2.33. The zero-order valence-corrected chi connectivity index (χ0v) is 31.6. The number of imide groups is 1. The van der Waals surface area contributed by atoms with Crippen LogP contribution in [-0.2, 0) is 76.0 Å². The minimum absolute atomic E-state index is 0.0673. The molecule has 53 heavy (non-hydrogen) atoms. The molecule has 1 aliphatic rings. The Kier molecular flexibility index (Phi) is 28.1. The smallest absolute Gasteiger partial charge is 0.297 e. The molecule has 0 fully saturated rings. The van der Waals surface area contributed by atoms with E-state index in [9.17, 15) is 18.0 Å². The lowest BCUT2D eigenvalue weighted by molar-refractivity contribution is -0.137. The van der Waals surface area contributed by atoms with E-state index in [0.717, 1.165) is 10.5 Å². The number of benzene rings is 1. The van der Waals surface area contributed by atoms with Crippen LogP contribution in [0.5, 0.6) is 0 Å². The molecule has 2 amide bonds. The number of carbonyl (C=O) groups excluding carboxylic acids is 2. The molecule has 18 heteroatoms. The molecule has 304 valence electrons. The molecule has 0 bridgehead atoms. The first kappa shape index (κ1) is 46.7. The van der Waals surface area contributed by atoms with Crippen LogP contribution >= 0.6 is 0 Å². The Labute approximate surface area is 313 Å². The summed E-state index contributed by atoms with van der Waals surface area (Å²) >= 11 is 0. The number of ether oxygens (including phenoxy) is 11. The Morgan fingerprint density at radius 3 is 0.981 bits per heavy atom. The monoisotopic (exact) mass is 779 g/mol. The van der Waals surface area contributed by atoms with Gasteiger partial charge < -0.3 is 52.1 Å². The van der Waals surface area contributed by atoms with Gasteiger partial charge in [0.2, 0.25) is 0 Å².